The maximum atomic E-state index is 10.9. The standard InChI is InChI=1S/C8H16O3/c1-5(7(3)9)6(2)8(10)11-4/h5-7,9H,1-4H3/t5?,6?,7-/m0/s1. The topological polar surface area (TPSA) is 46.5 Å². The van der Waals surface area contributed by atoms with Gasteiger partial charge in [-0.3, -0.25) is 4.79 Å². The van der Waals surface area contributed by atoms with E-state index in [1.54, 1.807) is 13.8 Å². The van der Waals surface area contributed by atoms with Crippen LogP contribution in [0.3, 0.4) is 0 Å². The quantitative estimate of drug-likeness (QED) is 0.621. The molecule has 0 heterocycles. The first-order valence-electron chi connectivity index (χ1n) is 3.76. The molecule has 0 aromatic heterocycles. The SMILES string of the molecule is COC(=O)C(C)C(C)[C@H](C)O. The van der Waals surface area contributed by atoms with E-state index in [1.807, 2.05) is 6.92 Å². The summed E-state index contributed by atoms with van der Waals surface area (Å²) < 4.78 is 4.53. The molecule has 3 heteroatoms. The van der Waals surface area contributed by atoms with Crippen molar-refractivity contribution in [2.75, 3.05) is 7.11 Å². The lowest BCUT2D eigenvalue weighted by molar-refractivity contribution is -0.147. The summed E-state index contributed by atoms with van der Waals surface area (Å²) >= 11 is 0. The fourth-order valence-electron chi connectivity index (χ4n) is 0.818. The largest absolute Gasteiger partial charge is 0.469 e. The second kappa shape index (κ2) is 4.34. The van der Waals surface area contributed by atoms with E-state index in [0.29, 0.717) is 0 Å². The fourth-order valence-corrected chi connectivity index (χ4v) is 0.818. The molecule has 0 aliphatic heterocycles. The summed E-state index contributed by atoms with van der Waals surface area (Å²) in [7, 11) is 1.35. The van der Waals surface area contributed by atoms with E-state index in [0.717, 1.165) is 0 Å². The van der Waals surface area contributed by atoms with Crippen LogP contribution in [0.5, 0.6) is 0 Å². The highest BCUT2D eigenvalue weighted by Crippen LogP contribution is 2.15. The number of hydrogen-bond acceptors (Lipinski definition) is 3. The van der Waals surface area contributed by atoms with Gasteiger partial charge in [0.05, 0.1) is 19.1 Å². The van der Waals surface area contributed by atoms with Gasteiger partial charge in [0.1, 0.15) is 0 Å². The number of carbonyl (C=O) groups excluding carboxylic acids is 1. The average molecular weight is 160 g/mol. The van der Waals surface area contributed by atoms with Crippen LogP contribution < -0.4 is 0 Å². The smallest absolute Gasteiger partial charge is 0.308 e. The van der Waals surface area contributed by atoms with Gasteiger partial charge in [0.2, 0.25) is 0 Å². The van der Waals surface area contributed by atoms with Crippen LogP contribution >= 0.6 is 0 Å². The third kappa shape index (κ3) is 2.89. The van der Waals surface area contributed by atoms with E-state index in [4.69, 9.17) is 5.11 Å². The van der Waals surface area contributed by atoms with Crippen molar-refractivity contribution in [3.63, 3.8) is 0 Å². The maximum absolute atomic E-state index is 10.9. The van der Waals surface area contributed by atoms with Crippen LogP contribution in [0.4, 0.5) is 0 Å². The van der Waals surface area contributed by atoms with Crippen LogP contribution in [0.2, 0.25) is 0 Å². The molecule has 0 bridgehead atoms. The van der Waals surface area contributed by atoms with E-state index in [9.17, 15) is 4.79 Å². The van der Waals surface area contributed by atoms with Crippen molar-refractivity contribution in [3.8, 4) is 0 Å². The van der Waals surface area contributed by atoms with Gasteiger partial charge in [0, 0.05) is 0 Å². The van der Waals surface area contributed by atoms with E-state index >= 15 is 0 Å². The summed E-state index contributed by atoms with van der Waals surface area (Å²) in [5.41, 5.74) is 0. The first kappa shape index (κ1) is 10.4. The number of ether oxygens (including phenoxy) is 1. The molecular weight excluding hydrogens is 144 g/mol. The summed E-state index contributed by atoms with van der Waals surface area (Å²) in [6.07, 6.45) is -0.468. The maximum Gasteiger partial charge on any atom is 0.308 e. The summed E-state index contributed by atoms with van der Waals surface area (Å²) in [6.45, 7) is 5.25. The molecule has 0 saturated carbocycles. The van der Waals surface area contributed by atoms with Crippen molar-refractivity contribution < 1.29 is 14.6 Å². The Kier molecular flexibility index (Phi) is 4.11. The minimum atomic E-state index is -0.468. The molecule has 0 amide bonds. The lowest BCUT2D eigenvalue weighted by Crippen LogP contribution is -2.27. The van der Waals surface area contributed by atoms with Crippen molar-refractivity contribution >= 4 is 5.97 Å². The van der Waals surface area contributed by atoms with E-state index in [2.05, 4.69) is 4.74 Å². The molecule has 0 spiro atoms. The molecule has 3 atom stereocenters. The predicted molar refractivity (Wildman–Crippen MR) is 42.0 cm³/mol. The number of hydrogen-bond donors (Lipinski definition) is 1. The predicted octanol–water partition coefficient (Wildman–Crippen LogP) is 0.812. The third-order valence-electron chi connectivity index (χ3n) is 2.12. The van der Waals surface area contributed by atoms with Gasteiger partial charge in [0.15, 0.2) is 0 Å². The highest BCUT2D eigenvalue weighted by Gasteiger charge is 2.23. The van der Waals surface area contributed by atoms with Gasteiger partial charge >= 0.3 is 5.97 Å². The molecule has 11 heavy (non-hydrogen) atoms. The van der Waals surface area contributed by atoms with E-state index < -0.39 is 6.10 Å². The second-order valence-electron chi connectivity index (χ2n) is 2.91. The Bertz CT molecular complexity index is 131. The van der Waals surface area contributed by atoms with Crippen LogP contribution in [0, 0.1) is 11.8 Å². The molecule has 66 valence electrons. The Morgan fingerprint density at radius 3 is 2.09 bits per heavy atom. The van der Waals surface area contributed by atoms with Crippen LogP contribution in [-0.4, -0.2) is 24.3 Å². The first-order chi connectivity index (χ1) is 5.00. The molecule has 0 fully saturated rings. The Balaban J connectivity index is 4.01. The van der Waals surface area contributed by atoms with Crippen molar-refractivity contribution in [1.82, 2.24) is 0 Å². The second-order valence-corrected chi connectivity index (χ2v) is 2.91. The first-order valence-corrected chi connectivity index (χ1v) is 3.76. The lowest BCUT2D eigenvalue weighted by Gasteiger charge is -2.19. The number of esters is 1. The summed E-state index contributed by atoms with van der Waals surface area (Å²) in [6, 6.07) is 0. The number of carbonyl (C=O) groups is 1. The molecule has 3 nitrogen and oxygen atoms in total. The number of methoxy groups -OCH3 is 1. The molecule has 0 aliphatic carbocycles. The summed E-state index contributed by atoms with van der Waals surface area (Å²) in [4.78, 5) is 10.9. The third-order valence-corrected chi connectivity index (χ3v) is 2.12. The van der Waals surface area contributed by atoms with Crippen LogP contribution in [0.1, 0.15) is 20.8 Å². The van der Waals surface area contributed by atoms with E-state index in [-0.39, 0.29) is 17.8 Å². The number of rotatable bonds is 3. The van der Waals surface area contributed by atoms with Gasteiger partial charge in [-0.1, -0.05) is 13.8 Å². The van der Waals surface area contributed by atoms with Crippen LogP contribution in [0.15, 0.2) is 0 Å². The van der Waals surface area contributed by atoms with Gasteiger partial charge in [-0.25, -0.2) is 0 Å². The van der Waals surface area contributed by atoms with Gasteiger partial charge in [0.25, 0.3) is 0 Å². The average Bonchev–Trinajstić information content (AvgIpc) is 2.00. The molecule has 2 unspecified atom stereocenters. The minimum Gasteiger partial charge on any atom is -0.469 e. The highest BCUT2D eigenvalue weighted by molar-refractivity contribution is 5.72. The Labute approximate surface area is 67.4 Å². The summed E-state index contributed by atoms with van der Waals surface area (Å²) in [5, 5.41) is 9.13. The molecule has 0 radical (unpaired) electrons. The molecule has 0 aromatic rings. The van der Waals surface area contributed by atoms with Crippen molar-refractivity contribution in [3.05, 3.63) is 0 Å². The molecule has 0 aromatic carbocycles. The molecule has 0 rings (SSSR count). The minimum absolute atomic E-state index is 0.0533. The Morgan fingerprint density at radius 2 is 1.82 bits per heavy atom. The summed E-state index contributed by atoms with van der Waals surface area (Å²) in [5.74, 6) is -0.555. The van der Waals surface area contributed by atoms with Crippen molar-refractivity contribution in [1.29, 1.82) is 0 Å². The van der Waals surface area contributed by atoms with Gasteiger partial charge in [-0.15, -0.1) is 0 Å². The zero-order chi connectivity index (χ0) is 9.02. The zero-order valence-corrected chi connectivity index (χ0v) is 7.50. The van der Waals surface area contributed by atoms with Gasteiger partial charge in [-0.05, 0) is 12.8 Å². The molecule has 1 N–H and O–H groups in total. The lowest BCUT2D eigenvalue weighted by atomic mass is 9.92. The Morgan fingerprint density at radius 1 is 1.36 bits per heavy atom. The zero-order valence-electron chi connectivity index (χ0n) is 7.50. The fraction of sp³-hybridized carbons (Fsp3) is 0.875. The monoisotopic (exact) mass is 160 g/mol. The van der Waals surface area contributed by atoms with E-state index in [1.165, 1.54) is 7.11 Å². The normalized spacial score (nSPS) is 18.6. The Hall–Kier alpha value is -0.570. The van der Waals surface area contributed by atoms with Gasteiger partial charge in [-0.2, -0.15) is 0 Å². The molecular formula is C8H16O3. The van der Waals surface area contributed by atoms with Gasteiger partial charge < -0.3 is 9.84 Å². The molecule has 0 aliphatic rings. The van der Waals surface area contributed by atoms with Crippen molar-refractivity contribution in [2.45, 2.75) is 26.9 Å². The van der Waals surface area contributed by atoms with Crippen molar-refractivity contribution in [2.24, 2.45) is 11.8 Å². The highest BCUT2D eigenvalue weighted by atomic mass is 16.5. The van der Waals surface area contributed by atoms with Crippen LogP contribution in [-0.2, 0) is 9.53 Å². The number of aliphatic hydroxyl groups excluding tert-OH is 1. The van der Waals surface area contributed by atoms with Crippen LogP contribution in [0.25, 0.3) is 0 Å². The molecule has 0 saturated heterocycles. The number of aliphatic hydroxyl groups is 1.